The first-order valence-corrected chi connectivity index (χ1v) is 7.71. The molecule has 0 aliphatic rings. The van der Waals surface area contributed by atoms with Crippen molar-refractivity contribution in [3.05, 3.63) is 41.2 Å². The fourth-order valence-electron chi connectivity index (χ4n) is 2.58. The van der Waals surface area contributed by atoms with Crippen LogP contribution in [0.3, 0.4) is 0 Å². The van der Waals surface area contributed by atoms with Gasteiger partial charge >= 0.3 is 0 Å². The van der Waals surface area contributed by atoms with Gasteiger partial charge in [-0.05, 0) is 24.6 Å². The van der Waals surface area contributed by atoms with Crippen LogP contribution >= 0.6 is 0 Å². The average Bonchev–Trinajstić information content (AvgIpc) is 2.93. The van der Waals surface area contributed by atoms with E-state index in [2.05, 4.69) is 17.3 Å². The molecule has 2 N–H and O–H groups in total. The van der Waals surface area contributed by atoms with Crippen molar-refractivity contribution in [3.63, 3.8) is 0 Å². The summed E-state index contributed by atoms with van der Waals surface area (Å²) in [6.45, 7) is 3.17. The normalized spacial score (nSPS) is 12.2. The Bertz CT molecular complexity index is 640. The molecule has 6 nitrogen and oxygen atoms in total. The fourth-order valence-corrected chi connectivity index (χ4v) is 2.58. The number of hydrogen-bond donors (Lipinski definition) is 2. The number of aryl methyl sites for hydroxylation is 2. The van der Waals surface area contributed by atoms with Crippen molar-refractivity contribution in [2.75, 3.05) is 20.8 Å². The number of hydrogen-bond acceptors (Lipinski definition) is 5. The maximum absolute atomic E-state index is 10.4. The highest BCUT2D eigenvalue weighted by Crippen LogP contribution is 2.29. The van der Waals surface area contributed by atoms with E-state index < -0.39 is 6.10 Å². The molecule has 0 saturated heterocycles. The summed E-state index contributed by atoms with van der Waals surface area (Å²) >= 11 is 0. The molecule has 0 amide bonds. The first kappa shape index (κ1) is 17.3. The number of nitrogens with one attached hydrogen (secondary N) is 1. The van der Waals surface area contributed by atoms with Gasteiger partial charge in [-0.25, -0.2) is 0 Å². The van der Waals surface area contributed by atoms with Crippen molar-refractivity contribution in [1.82, 2.24) is 15.1 Å². The SMILES string of the molecule is CCc1nn(C)cc1CNCC(O)c1cc(OC)ccc1OC. The molecule has 1 aromatic carbocycles. The Hall–Kier alpha value is -2.05. The number of nitrogens with zero attached hydrogens (tertiary/aromatic N) is 2. The van der Waals surface area contributed by atoms with Gasteiger partial charge in [-0.3, -0.25) is 4.68 Å². The van der Waals surface area contributed by atoms with Gasteiger partial charge < -0.3 is 19.9 Å². The van der Waals surface area contributed by atoms with E-state index in [4.69, 9.17) is 9.47 Å². The van der Waals surface area contributed by atoms with Gasteiger partial charge in [0.1, 0.15) is 11.5 Å². The van der Waals surface area contributed by atoms with Crippen molar-refractivity contribution in [2.45, 2.75) is 26.0 Å². The number of aromatic nitrogens is 2. The molecule has 1 atom stereocenters. The van der Waals surface area contributed by atoms with Gasteiger partial charge in [-0.1, -0.05) is 6.92 Å². The number of aliphatic hydroxyl groups excluding tert-OH is 1. The summed E-state index contributed by atoms with van der Waals surface area (Å²) in [7, 11) is 5.11. The van der Waals surface area contributed by atoms with E-state index in [0.717, 1.165) is 17.7 Å². The van der Waals surface area contributed by atoms with Crippen molar-refractivity contribution >= 4 is 0 Å². The molecule has 1 aromatic heterocycles. The van der Waals surface area contributed by atoms with Crippen LogP contribution in [-0.2, 0) is 20.0 Å². The van der Waals surface area contributed by atoms with Crippen LogP contribution in [0, 0.1) is 0 Å². The van der Waals surface area contributed by atoms with Crippen LogP contribution in [-0.4, -0.2) is 35.7 Å². The van der Waals surface area contributed by atoms with Crippen LogP contribution in [0.25, 0.3) is 0 Å². The third-order valence-electron chi connectivity index (χ3n) is 3.78. The average molecular weight is 319 g/mol. The maximum Gasteiger partial charge on any atom is 0.124 e. The van der Waals surface area contributed by atoms with Crippen LogP contribution in [0.5, 0.6) is 11.5 Å². The van der Waals surface area contributed by atoms with E-state index in [0.29, 0.717) is 30.2 Å². The minimum absolute atomic E-state index is 0.418. The van der Waals surface area contributed by atoms with Crippen LogP contribution < -0.4 is 14.8 Å². The lowest BCUT2D eigenvalue weighted by Crippen LogP contribution is -2.21. The highest BCUT2D eigenvalue weighted by atomic mass is 16.5. The summed E-state index contributed by atoms with van der Waals surface area (Å²) in [4.78, 5) is 0. The minimum Gasteiger partial charge on any atom is -0.497 e. The largest absolute Gasteiger partial charge is 0.497 e. The summed E-state index contributed by atoms with van der Waals surface area (Å²) in [5, 5.41) is 18.1. The van der Waals surface area contributed by atoms with Crippen LogP contribution in [0.2, 0.25) is 0 Å². The van der Waals surface area contributed by atoms with E-state index in [1.54, 1.807) is 26.4 Å². The number of aliphatic hydroxyl groups is 1. The van der Waals surface area contributed by atoms with E-state index in [1.165, 1.54) is 0 Å². The Balaban J connectivity index is 2.00. The van der Waals surface area contributed by atoms with Gasteiger partial charge in [0.15, 0.2) is 0 Å². The molecule has 0 fully saturated rings. The number of rotatable bonds is 8. The molecule has 2 rings (SSSR count). The Kier molecular flexibility index (Phi) is 6.01. The third-order valence-corrected chi connectivity index (χ3v) is 3.78. The van der Waals surface area contributed by atoms with E-state index in [1.807, 2.05) is 24.0 Å². The zero-order valence-electron chi connectivity index (χ0n) is 14.2. The second kappa shape index (κ2) is 7.99. The smallest absolute Gasteiger partial charge is 0.124 e. The predicted octanol–water partition coefficient (Wildman–Crippen LogP) is 1.82. The Morgan fingerprint density at radius 2 is 2.09 bits per heavy atom. The maximum atomic E-state index is 10.4. The molecule has 1 heterocycles. The monoisotopic (exact) mass is 319 g/mol. The zero-order valence-corrected chi connectivity index (χ0v) is 14.2. The number of ether oxygens (including phenoxy) is 2. The molecule has 0 saturated carbocycles. The van der Waals surface area contributed by atoms with Crippen molar-refractivity contribution < 1.29 is 14.6 Å². The molecule has 1 unspecified atom stereocenters. The number of methoxy groups -OCH3 is 2. The molecule has 2 aromatic rings. The van der Waals surface area contributed by atoms with E-state index in [-0.39, 0.29) is 0 Å². The van der Waals surface area contributed by atoms with Gasteiger partial charge in [0.05, 0.1) is 26.0 Å². The molecule has 0 bridgehead atoms. The Morgan fingerprint density at radius 1 is 1.30 bits per heavy atom. The first-order valence-electron chi connectivity index (χ1n) is 7.71. The predicted molar refractivity (Wildman–Crippen MR) is 88.8 cm³/mol. The standard InChI is InChI=1S/C17H25N3O3/c1-5-15-12(11-20(2)19-15)9-18-10-16(21)14-8-13(22-3)6-7-17(14)23-4/h6-8,11,16,18,21H,5,9-10H2,1-4H3. The molecule has 0 aliphatic carbocycles. The molecule has 6 heteroatoms. The molecular weight excluding hydrogens is 294 g/mol. The van der Waals surface area contributed by atoms with Crippen LogP contribution in [0.15, 0.2) is 24.4 Å². The third kappa shape index (κ3) is 4.24. The summed E-state index contributed by atoms with van der Waals surface area (Å²) in [6, 6.07) is 5.41. The summed E-state index contributed by atoms with van der Waals surface area (Å²) in [5.41, 5.74) is 2.94. The van der Waals surface area contributed by atoms with Gasteiger partial charge in [0.2, 0.25) is 0 Å². The van der Waals surface area contributed by atoms with E-state index in [9.17, 15) is 5.11 Å². The quantitative estimate of drug-likeness (QED) is 0.777. The second-order valence-electron chi connectivity index (χ2n) is 5.38. The molecule has 0 aliphatic heterocycles. The summed E-state index contributed by atoms with van der Waals surface area (Å²) < 4.78 is 12.3. The van der Waals surface area contributed by atoms with Gasteiger partial charge in [0, 0.05) is 37.5 Å². The second-order valence-corrected chi connectivity index (χ2v) is 5.38. The highest BCUT2D eigenvalue weighted by Gasteiger charge is 2.15. The van der Waals surface area contributed by atoms with Crippen molar-refractivity contribution in [1.29, 1.82) is 0 Å². The highest BCUT2D eigenvalue weighted by molar-refractivity contribution is 5.41. The lowest BCUT2D eigenvalue weighted by atomic mass is 10.1. The number of benzene rings is 1. The van der Waals surface area contributed by atoms with Crippen molar-refractivity contribution in [2.24, 2.45) is 7.05 Å². The van der Waals surface area contributed by atoms with Crippen LogP contribution in [0.1, 0.15) is 29.8 Å². The molecular formula is C17H25N3O3. The molecule has 23 heavy (non-hydrogen) atoms. The van der Waals surface area contributed by atoms with Crippen molar-refractivity contribution in [3.8, 4) is 11.5 Å². The first-order chi connectivity index (χ1) is 11.1. The molecule has 126 valence electrons. The molecule has 0 radical (unpaired) electrons. The summed E-state index contributed by atoms with van der Waals surface area (Å²) in [6.07, 6.45) is 2.22. The van der Waals surface area contributed by atoms with Gasteiger partial charge in [-0.2, -0.15) is 5.10 Å². The topological polar surface area (TPSA) is 68.5 Å². The van der Waals surface area contributed by atoms with E-state index >= 15 is 0 Å². The fraction of sp³-hybridized carbons (Fsp3) is 0.471. The molecule has 0 spiro atoms. The Morgan fingerprint density at radius 3 is 2.74 bits per heavy atom. The van der Waals surface area contributed by atoms with Gasteiger partial charge in [-0.15, -0.1) is 0 Å². The lowest BCUT2D eigenvalue weighted by molar-refractivity contribution is 0.169. The zero-order chi connectivity index (χ0) is 16.8. The van der Waals surface area contributed by atoms with Crippen LogP contribution in [0.4, 0.5) is 0 Å². The lowest BCUT2D eigenvalue weighted by Gasteiger charge is -2.16. The Labute approximate surface area is 137 Å². The summed E-state index contributed by atoms with van der Waals surface area (Å²) in [5.74, 6) is 1.34. The van der Waals surface area contributed by atoms with Gasteiger partial charge in [0.25, 0.3) is 0 Å². The minimum atomic E-state index is -0.679.